The number of aryl methyl sites for hydroxylation is 1. The van der Waals surface area contributed by atoms with E-state index < -0.39 is 15.9 Å². The zero-order valence-corrected chi connectivity index (χ0v) is 18.4. The average Bonchev–Trinajstić information content (AvgIpc) is 2.54. The minimum absolute atomic E-state index is 0. The monoisotopic (exact) mass is 412 g/mol. The van der Waals surface area contributed by atoms with Crippen molar-refractivity contribution in [2.75, 3.05) is 25.6 Å². The molecule has 0 heterocycles. The van der Waals surface area contributed by atoms with Crippen molar-refractivity contribution in [3.8, 4) is 5.75 Å². The first kappa shape index (κ1) is 31.6. The van der Waals surface area contributed by atoms with Gasteiger partial charge in [-0.15, -0.1) is 0 Å². The zero-order valence-electron chi connectivity index (χ0n) is 15.5. The van der Waals surface area contributed by atoms with Gasteiger partial charge in [-0.2, -0.15) is 0 Å². The number of unbranched alkanes of at least 4 members (excludes halogenated alkanes) is 5. The van der Waals surface area contributed by atoms with Gasteiger partial charge in [0.2, 0.25) is 0 Å². The van der Waals surface area contributed by atoms with Gasteiger partial charge < -0.3 is 14.0 Å². The van der Waals surface area contributed by atoms with E-state index in [2.05, 4.69) is 19.1 Å². The van der Waals surface area contributed by atoms with Gasteiger partial charge in [0, 0.05) is 0 Å². The maximum absolute atomic E-state index is 10.4. The van der Waals surface area contributed by atoms with Gasteiger partial charge in [0.25, 0.3) is 0 Å². The third-order valence-corrected chi connectivity index (χ3v) is 4.38. The molecule has 0 N–H and O–H groups in total. The van der Waals surface area contributed by atoms with Crippen LogP contribution in [0.5, 0.6) is 5.75 Å². The summed E-state index contributed by atoms with van der Waals surface area (Å²) in [7, 11) is -4.20. The van der Waals surface area contributed by atoms with Crippen LogP contribution in [0, 0.1) is 0 Å². The molecule has 0 unspecified atom stereocenters. The molecule has 5 nitrogen and oxygen atoms in total. The summed E-state index contributed by atoms with van der Waals surface area (Å²) in [5.74, 6) is 0.266. The van der Waals surface area contributed by atoms with E-state index in [4.69, 9.17) is 9.47 Å². The van der Waals surface area contributed by atoms with Gasteiger partial charge in [-0.3, -0.25) is 0 Å². The van der Waals surface area contributed by atoms with Gasteiger partial charge >= 0.3 is 29.6 Å². The predicted molar refractivity (Wildman–Crippen MR) is 108 cm³/mol. The fourth-order valence-corrected chi connectivity index (χ4v) is 2.67. The standard InChI is InChI=1S/C18H30O5S.2CH4.Na/c1-2-3-4-5-6-7-8-17-9-11-18(12-10-17)23-14-13-22-15-16-24(19,20)21;;;/h9-12H,2-8,13-16H2,1H3,(H,19,20,21);2*1H4;/q;;;+1/p-1. The van der Waals surface area contributed by atoms with Crippen LogP contribution in [0.25, 0.3) is 0 Å². The molecule has 1 aromatic rings. The van der Waals surface area contributed by atoms with Crippen molar-refractivity contribution in [1.82, 2.24) is 0 Å². The molecule has 0 aliphatic carbocycles. The molecule has 0 spiro atoms. The summed E-state index contributed by atoms with van der Waals surface area (Å²) in [6.07, 6.45) is 8.88. The van der Waals surface area contributed by atoms with E-state index in [0.717, 1.165) is 12.2 Å². The van der Waals surface area contributed by atoms with E-state index in [1.54, 1.807) is 0 Å². The number of rotatable bonds is 14. The van der Waals surface area contributed by atoms with Gasteiger partial charge in [-0.05, 0) is 30.5 Å². The second kappa shape index (κ2) is 19.2. The number of hydrogen-bond donors (Lipinski definition) is 0. The molecule has 0 radical (unpaired) electrons. The molecular formula is C20H37NaO5S. The Kier molecular flexibility index (Phi) is 22.5. The zero-order chi connectivity index (χ0) is 17.7. The Morgan fingerprint density at radius 1 is 0.889 bits per heavy atom. The van der Waals surface area contributed by atoms with Crippen molar-refractivity contribution in [2.45, 2.75) is 66.7 Å². The summed E-state index contributed by atoms with van der Waals surface area (Å²) in [5.41, 5.74) is 1.31. The largest absolute Gasteiger partial charge is 1.00 e. The summed E-state index contributed by atoms with van der Waals surface area (Å²) >= 11 is 0. The van der Waals surface area contributed by atoms with Crippen LogP contribution in [0.1, 0.15) is 65.9 Å². The quantitative estimate of drug-likeness (QED) is 0.265. The van der Waals surface area contributed by atoms with Crippen LogP contribution in [-0.2, 0) is 21.3 Å². The number of benzene rings is 1. The molecule has 0 fully saturated rings. The van der Waals surface area contributed by atoms with Gasteiger partial charge in [0.15, 0.2) is 0 Å². The SMILES string of the molecule is C.C.CCCCCCCCc1ccc(OCCOCCS(=O)(=O)[O-])cc1.[Na+]. The summed E-state index contributed by atoms with van der Waals surface area (Å²) in [6.45, 7) is 2.73. The molecule has 154 valence electrons. The van der Waals surface area contributed by atoms with E-state index in [9.17, 15) is 13.0 Å². The summed E-state index contributed by atoms with van der Waals surface area (Å²) in [6, 6.07) is 8.03. The Bertz CT molecular complexity index is 532. The van der Waals surface area contributed by atoms with Crippen molar-refractivity contribution in [1.29, 1.82) is 0 Å². The van der Waals surface area contributed by atoms with E-state index in [1.807, 2.05) is 12.1 Å². The van der Waals surface area contributed by atoms with Gasteiger partial charge in [0.05, 0.1) is 29.1 Å². The smallest absolute Gasteiger partial charge is 0.748 e. The first-order chi connectivity index (χ1) is 11.5. The van der Waals surface area contributed by atoms with Crippen LogP contribution in [0.2, 0.25) is 0 Å². The van der Waals surface area contributed by atoms with Crippen molar-refractivity contribution in [3.63, 3.8) is 0 Å². The van der Waals surface area contributed by atoms with E-state index >= 15 is 0 Å². The minimum Gasteiger partial charge on any atom is -0.748 e. The van der Waals surface area contributed by atoms with Gasteiger partial charge in [-0.1, -0.05) is 66.0 Å². The molecule has 0 bridgehead atoms. The van der Waals surface area contributed by atoms with E-state index in [1.165, 1.54) is 44.1 Å². The second-order valence-electron chi connectivity index (χ2n) is 5.88. The van der Waals surface area contributed by atoms with Crippen molar-refractivity contribution >= 4 is 10.1 Å². The molecule has 7 heteroatoms. The number of hydrogen-bond acceptors (Lipinski definition) is 5. The van der Waals surface area contributed by atoms with Crippen molar-refractivity contribution < 1.29 is 52.0 Å². The molecular weight excluding hydrogens is 375 g/mol. The fourth-order valence-electron chi connectivity index (χ4n) is 2.34. The van der Waals surface area contributed by atoms with Crippen LogP contribution < -0.4 is 34.3 Å². The molecule has 0 saturated carbocycles. The maximum Gasteiger partial charge on any atom is 1.00 e. The van der Waals surface area contributed by atoms with Crippen LogP contribution in [0.15, 0.2) is 24.3 Å². The van der Waals surface area contributed by atoms with Crippen LogP contribution in [0.4, 0.5) is 0 Å². The first-order valence-electron chi connectivity index (χ1n) is 8.74. The fraction of sp³-hybridized carbons (Fsp3) is 0.700. The molecule has 1 rings (SSSR count). The molecule has 0 amide bonds. The maximum atomic E-state index is 10.4. The Labute approximate surface area is 189 Å². The normalized spacial score (nSPS) is 10.3. The molecule has 0 aliphatic heterocycles. The topological polar surface area (TPSA) is 75.7 Å². The third-order valence-electron chi connectivity index (χ3n) is 3.72. The predicted octanol–water partition coefficient (Wildman–Crippen LogP) is 1.81. The Morgan fingerprint density at radius 3 is 2.07 bits per heavy atom. The first-order valence-corrected chi connectivity index (χ1v) is 10.3. The second-order valence-corrected chi connectivity index (χ2v) is 7.41. The minimum atomic E-state index is -4.20. The van der Waals surface area contributed by atoms with E-state index in [0.29, 0.717) is 6.61 Å². The molecule has 0 aromatic heterocycles. The van der Waals surface area contributed by atoms with Crippen LogP contribution in [-0.4, -0.2) is 38.5 Å². The van der Waals surface area contributed by atoms with Gasteiger partial charge in [0.1, 0.15) is 12.4 Å². The van der Waals surface area contributed by atoms with Crippen LogP contribution in [0.3, 0.4) is 0 Å². The van der Waals surface area contributed by atoms with E-state index in [-0.39, 0.29) is 57.6 Å². The molecule has 0 atom stereocenters. The Hall–Kier alpha value is -0.110. The molecule has 27 heavy (non-hydrogen) atoms. The summed E-state index contributed by atoms with van der Waals surface area (Å²) < 4.78 is 41.7. The van der Waals surface area contributed by atoms with Gasteiger partial charge in [-0.25, -0.2) is 8.42 Å². The Morgan fingerprint density at radius 2 is 1.48 bits per heavy atom. The molecule has 1 aromatic carbocycles. The van der Waals surface area contributed by atoms with Crippen molar-refractivity contribution in [3.05, 3.63) is 29.8 Å². The molecule has 0 saturated heterocycles. The molecule has 0 aliphatic rings. The Balaban J connectivity index is -0.00000192. The van der Waals surface area contributed by atoms with Crippen molar-refractivity contribution in [2.24, 2.45) is 0 Å². The average molecular weight is 413 g/mol. The van der Waals surface area contributed by atoms with Crippen LogP contribution >= 0.6 is 0 Å². The summed E-state index contributed by atoms with van der Waals surface area (Å²) in [4.78, 5) is 0. The third kappa shape index (κ3) is 19.0. The summed E-state index contributed by atoms with van der Waals surface area (Å²) in [5, 5.41) is 0. The number of ether oxygens (including phenoxy) is 2.